The number of amides is 1. The molecule has 3 fully saturated rings. The number of nitrogens with one attached hydrogen (secondary N) is 1. The van der Waals surface area contributed by atoms with Gasteiger partial charge in [0.25, 0.3) is 0 Å². The van der Waals surface area contributed by atoms with E-state index in [-0.39, 0.29) is 24.1 Å². The highest BCUT2D eigenvalue weighted by Crippen LogP contribution is 2.40. The first-order valence-corrected chi connectivity index (χ1v) is 11.3. The molecule has 1 amide bonds. The molecule has 0 unspecified atom stereocenters. The molecule has 3 aliphatic rings. The number of hydrogen-bond acceptors (Lipinski definition) is 7. The minimum atomic E-state index is -0.385. The molecule has 0 bridgehead atoms. The van der Waals surface area contributed by atoms with Crippen molar-refractivity contribution in [2.75, 3.05) is 23.3 Å². The standard InChI is InChI=1S/C23H29N5O3.ClH/c29-22-28(20-7-3-4-14-24-20)16-23(31-22)12-10-17(11-13-23)15-25-19-8-9-21(27-26-19)30-18-5-1-2-6-18;/h3-4,7-9,14,17-18H,1-2,5-6,10-13,15-16H2,(H,25,26);1H/t17-,23-;. The van der Waals surface area contributed by atoms with E-state index in [1.807, 2.05) is 30.3 Å². The first kappa shape index (κ1) is 22.6. The Balaban J connectivity index is 0.00000245. The first-order chi connectivity index (χ1) is 15.2. The van der Waals surface area contributed by atoms with Crippen molar-refractivity contribution >= 4 is 30.1 Å². The number of ether oxygens (including phenoxy) is 2. The number of rotatable bonds is 6. The van der Waals surface area contributed by atoms with Crippen LogP contribution in [0.15, 0.2) is 36.5 Å². The number of hydrogen-bond donors (Lipinski definition) is 1. The van der Waals surface area contributed by atoms with Crippen molar-refractivity contribution in [3.8, 4) is 5.88 Å². The number of carbonyl (C=O) groups excluding carboxylic acids is 1. The Hall–Kier alpha value is -2.61. The summed E-state index contributed by atoms with van der Waals surface area (Å²) >= 11 is 0. The van der Waals surface area contributed by atoms with Gasteiger partial charge in [-0.1, -0.05) is 6.07 Å². The summed E-state index contributed by atoms with van der Waals surface area (Å²) in [6, 6.07) is 9.42. The van der Waals surface area contributed by atoms with Gasteiger partial charge in [0.1, 0.15) is 23.3 Å². The Morgan fingerprint density at radius 3 is 2.59 bits per heavy atom. The van der Waals surface area contributed by atoms with E-state index in [2.05, 4.69) is 20.5 Å². The molecule has 0 aromatic carbocycles. The summed E-state index contributed by atoms with van der Waals surface area (Å²) in [5.41, 5.74) is -0.385. The van der Waals surface area contributed by atoms with Gasteiger partial charge in [-0.15, -0.1) is 22.6 Å². The number of halogens is 1. The molecule has 2 aliphatic carbocycles. The van der Waals surface area contributed by atoms with Crippen molar-refractivity contribution in [2.24, 2.45) is 5.92 Å². The lowest BCUT2D eigenvalue weighted by molar-refractivity contribution is 0.0148. The van der Waals surface area contributed by atoms with E-state index in [9.17, 15) is 4.79 Å². The zero-order valence-electron chi connectivity index (χ0n) is 18.1. The molecule has 8 nitrogen and oxygen atoms in total. The molecular formula is C23H30ClN5O3. The summed E-state index contributed by atoms with van der Waals surface area (Å²) in [7, 11) is 0. The molecule has 2 aromatic heterocycles. The molecule has 1 N–H and O–H groups in total. The molecule has 9 heteroatoms. The minimum Gasteiger partial charge on any atom is -0.473 e. The van der Waals surface area contributed by atoms with Crippen LogP contribution in [0.5, 0.6) is 5.88 Å². The number of pyridine rings is 1. The van der Waals surface area contributed by atoms with Crippen LogP contribution in [0.1, 0.15) is 51.4 Å². The summed E-state index contributed by atoms with van der Waals surface area (Å²) < 4.78 is 11.7. The Morgan fingerprint density at radius 1 is 1.09 bits per heavy atom. The van der Waals surface area contributed by atoms with Crippen LogP contribution in [-0.4, -0.2) is 46.1 Å². The van der Waals surface area contributed by atoms with Crippen LogP contribution in [0.4, 0.5) is 16.4 Å². The predicted molar refractivity (Wildman–Crippen MR) is 123 cm³/mol. The maximum absolute atomic E-state index is 12.4. The third kappa shape index (κ3) is 5.06. The summed E-state index contributed by atoms with van der Waals surface area (Å²) in [6.45, 7) is 1.42. The molecule has 0 atom stereocenters. The fourth-order valence-electron chi connectivity index (χ4n) is 4.88. The van der Waals surface area contributed by atoms with Crippen LogP contribution in [-0.2, 0) is 4.74 Å². The zero-order valence-corrected chi connectivity index (χ0v) is 18.9. The second kappa shape index (κ2) is 9.90. The van der Waals surface area contributed by atoms with Crippen molar-refractivity contribution < 1.29 is 14.3 Å². The molecule has 2 aromatic rings. The number of nitrogens with zero attached hydrogens (tertiary/aromatic N) is 4. The monoisotopic (exact) mass is 459 g/mol. The summed E-state index contributed by atoms with van der Waals surface area (Å²) in [4.78, 5) is 18.4. The minimum absolute atomic E-state index is 0. The van der Waals surface area contributed by atoms with Gasteiger partial charge in [0.15, 0.2) is 0 Å². The van der Waals surface area contributed by atoms with Crippen LogP contribution < -0.4 is 15.0 Å². The average Bonchev–Trinajstić information content (AvgIpc) is 3.43. The molecule has 32 heavy (non-hydrogen) atoms. The van der Waals surface area contributed by atoms with Crippen molar-refractivity contribution in [1.82, 2.24) is 15.2 Å². The summed E-state index contributed by atoms with van der Waals surface area (Å²) in [6.07, 6.45) is 10.2. The van der Waals surface area contributed by atoms with Crippen LogP contribution in [0.2, 0.25) is 0 Å². The zero-order chi connectivity index (χ0) is 21.1. The maximum Gasteiger partial charge on any atom is 0.416 e. The van der Waals surface area contributed by atoms with Gasteiger partial charge in [0, 0.05) is 18.8 Å². The van der Waals surface area contributed by atoms with Crippen LogP contribution in [0.3, 0.4) is 0 Å². The van der Waals surface area contributed by atoms with Gasteiger partial charge in [-0.05, 0) is 75.5 Å². The normalized spacial score (nSPS) is 25.4. The van der Waals surface area contributed by atoms with E-state index in [0.717, 1.165) is 50.9 Å². The fourth-order valence-corrected chi connectivity index (χ4v) is 4.88. The van der Waals surface area contributed by atoms with Gasteiger partial charge in [-0.2, -0.15) is 0 Å². The molecule has 3 heterocycles. The number of carbonyl (C=O) groups is 1. The van der Waals surface area contributed by atoms with Gasteiger partial charge in [-0.25, -0.2) is 9.78 Å². The smallest absolute Gasteiger partial charge is 0.416 e. The van der Waals surface area contributed by atoms with E-state index in [1.165, 1.54) is 12.8 Å². The Kier molecular flexibility index (Phi) is 6.98. The van der Waals surface area contributed by atoms with Gasteiger partial charge in [0.05, 0.1) is 6.54 Å². The summed E-state index contributed by atoms with van der Waals surface area (Å²) in [5.74, 6) is 2.56. The van der Waals surface area contributed by atoms with E-state index >= 15 is 0 Å². The van der Waals surface area contributed by atoms with Crippen molar-refractivity contribution in [2.45, 2.75) is 63.1 Å². The Labute approximate surface area is 194 Å². The average molecular weight is 460 g/mol. The van der Waals surface area contributed by atoms with Gasteiger partial charge >= 0.3 is 6.09 Å². The van der Waals surface area contributed by atoms with Crippen LogP contribution in [0.25, 0.3) is 0 Å². The molecule has 1 aliphatic heterocycles. The van der Waals surface area contributed by atoms with E-state index < -0.39 is 0 Å². The number of aromatic nitrogens is 3. The molecular weight excluding hydrogens is 430 g/mol. The lowest BCUT2D eigenvalue weighted by atomic mass is 9.78. The van der Waals surface area contributed by atoms with E-state index in [1.54, 1.807) is 11.1 Å². The van der Waals surface area contributed by atoms with Gasteiger partial charge in [0.2, 0.25) is 5.88 Å². The topological polar surface area (TPSA) is 89.5 Å². The van der Waals surface area contributed by atoms with Crippen LogP contribution in [0, 0.1) is 5.92 Å². The highest BCUT2D eigenvalue weighted by Gasteiger charge is 2.47. The second-order valence-electron chi connectivity index (χ2n) is 8.93. The maximum atomic E-state index is 12.4. The van der Waals surface area contributed by atoms with Crippen molar-refractivity contribution in [3.63, 3.8) is 0 Å². The molecule has 5 rings (SSSR count). The molecule has 1 saturated heterocycles. The van der Waals surface area contributed by atoms with Crippen LogP contribution >= 0.6 is 12.4 Å². The highest BCUT2D eigenvalue weighted by atomic mass is 35.5. The molecule has 0 radical (unpaired) electrons. The molecule has 1 spiro atoms. The van der Waals surface area contributed by atoms with Crippen molar-refractivity contribution in [1.29, 1.82) is 0 Å². The van der Waals surface area contributed by atoms with Crippen molar-refractivity contribution in [3.05, 3.63) is 36.5 Å². The third-order valence-corrected chi connectivity index (χ3v) is 6.71. The lowest BCUT2D eigenvalue weighted by Crippen LogP contribution is -2.39. The lowest BCUT2D eigenvalue weighted by Gasteiger charge is -2.35. The van der Waals surface area contributed by atoms with Gasteiger partial charge in [-0.3, -0.25) is 4.90 Å². The molecule has 2 saturated carbocycles. The Bertz CT molecular complexity index is 884. The van der Waals surface area contributed by atoms with Gasteiger partial charge < -0.3 is 14.8 Å². The third-order valence-electron chi connectivity index (χ3n) is 6.71. The predicted octanol–water partition coefficient (Wildman–Crippen LogP) is 4.61. The number of anilines is 2. The first-order valence-electron chi connectivity index (χ1n) is 11.3. The SMILES string of the molecule is Cl.O=C1O[C@]2(CC[C@H](CNc3ccc(OC4CCCC4)nn3)CC2)CN1c1ccccn1. The summed E-state index contributed by atoms with van der Waals surface area (Å²) in [5, 5.41) is 11.9. The fraction of sp³-hybridized carbons (Fsp3) is 0.565. The quantitative estimate of drug-likeness (QED) is 0.674. The Morgan fingerprint density at radius 2 is 1.91 bits per heavy atom. The van der Waals surface area contributed by atoms with E-state index in [4.69, 9.17) is 9.47 Å². The van der Waals surface area contributed by atoms with E-state index in [0.29, 0.717) is 30.3 Å². The largest absolute Gasteiger partial charge is 0.473 e. The second-order valence-corrected chi connectivity index (χ2v) is 8.93. The highest BCUT2D eigenvalue weighted by molar-refractivity contribution is 5.89. The molecule has 172 valence electrons.